The van der Waals surface area contributed by atoms with Crippen molar-refractivity contribution in [2.24, 2.45) is 10.3 Å². The van der Waals surface area contributed by atoms with Crippen LogP contribution in [0.25, 0.3) is 0 Å². The minimum atomic E-state index is -4.24. The van der Waals surface area contributed by atoms with E-state index in [1.54, 1.807) is 24.3 Å². The van der Waals surface area contributed by atoms with Gasteiger partial charge in [0.1, 0.15) is 5.75 Å². The minimum absolute atomic E-state index is 0.00234. The fourth-order valence-electron chi connectivity index (χ4n) is 1.41. The van der Waals surface area contributed by atoms with Crippen LogP contribution in [0.3, 0.4) is 0 Å². The third-order valence-electron chi connectivity index (χ3n) is 2.29. The highest BCUT2D eigenvalue weighted by atomic mass is 32.2. The van der Waals surface area contributed by atoms with E-state index < -0.39 is 16.1 Å². The van der Waals surface area contributed by atoms with Crippen LogP contribution in [0.2, 0.25) is 0 Å². The molecule has 0 amide bonds. The third-order valence-corrected chi connectivity index (χ3v) is 3.42. The number of hydrogen-bond acceptors (Lipinski definition) is 6. The topological polar surface area (TPSA) is 108 Å². The number of oxime groups is 1. The van der Waals surface area contributed by atoms with Gasteiger partial charge in [-0.15, -0.1) is 0 Å². The van der Waals surface area contributed by atoms with Gasteiger partial charge in [0, 0.05) is 5.56 Å². The van der Waals surface area contributed by atoms with Gasteiger partial charge in [-0.1, -0.05) is 5.16 Å². The molecule has 0 saturated carbocycles. The number of nitrogens with zero attached hydrogens (tertiary/aromatic N) is 1. The molecule has 1 aromatic rings. The molecule has 0 atom stereocenters. The first-order chi connectivity index (χ1) is 9.73. The van der Waals surface area contributed by atoms with E-state index in [0.717, 1.165) is 0 Å². The van der Waals surface area contributed by atoms with Crippen LogP contribution in [0.15, 0.2) is 29.4 Å². The van der Waals surface area contributed by atoms with Crippen LogP contribution in [0.5, 0.6) is 5.75 Å². The molecule has 0 radical (unpaired) electrons. The van der Waals surface area contributed by atoms with Crippen molar-refractivity contribution < 1.29 is 22.2 Å². The van der Waals surface area contributed by atoms with Gasteiger partial charge < -0.3 is 4.74 Å². The Morgan fingerprint density at radius 2 is 1.86 bits per heavy atom. The van der Waals surface area contributed by atoms with Crippen molar-refractivity contribution in [2.45, 2.75) is 0 Å². The van der Waals surface area contributed by atoms with Crippen LogP contribution in [-0.4, -0.2) is 45.3 Å². The van der Waals surface area contributed by atoms with Crippen molar-refractivity contribution in [2.75, 3.05) is 25.4 Å². The number of benzene rings is 1. The lowest BCUT2D eigenvalue weighted by atomic mass is 10.1. The molecule has 0 heterocycles. The third kappa shape index (κ3) is 6.15. The first kappa shape index (κ1) is 17.5. The Hall–Kier alpha value is -1.58. The van der Waals surface area contributed by atoms with Gasteiger partial charge in [0.15, 0.2) is 11.5 Å². The average molecular weight is 333 g/mol. The zero-order valence-electron chi connectivity index (χ0n) is 11.9. The maximum Gasteiger partial charge on any atom is 0.399 e. The van der Waals surface area contributed by atoms with Crippen LogP contribution >= 0.6 is 0 Å². The first-order valence-corrected chi connectivity index (χ1v) is 9.42. The number of carbonyl (C=O) groups is 1. The maximum absolute atomic E-state index is 12.3. The van der Waals surface area contributed by atoms with Gasteiger partial charge in [0.25, 0.3) is 0 Å². The van der Waals surface area contributed by atoms with Crippen molar-refractivity contribution in [3.05, 3.63) is 29.8 Å². The standard InChI is InChI=1S/C12H17N2O5S2/c1-18-10-6-4-9(5-7-10)12(15)11(8-20(2)3)14-19-21(13,16)17/h4-7H,8H2,1-3H3,(H2,13,16,17)/q+1. The van der Waals surface area contributed by atoms with Gasteiger partial charge in [-0.2, -0.15) is 13.6 Å². The fraction of sp³-hybridized carbons (Fsp3) is 0.333. The van der Waals surface area contributed by atoms with E-state index in [2.05, 4.69) is 9.44 Å². The summed E-state index contributed by atoms with van der Waals surface area (Å²) in [5, 5.41) is 8.09. The molecule has 7 nitrogen and oxygen atoms in total. The molecule has 0 saturated heterocycles. The van der Waals surface area contributed by atoms with E-state index in [9.17, 15) is 13.2 Å². The molecule has 116 valence electrons. The summed E-state index contributed by atoms with van der Waals surface area (Å²) in [6.07, 6.45) is 3.79. The highest BCUT2D eigenvalue weighted by Crippen LogP contribution is 2.13. The molecule has 0 aliphatic carbocycles. The SMILES string of the molecule is COc1ccc(C(=O)C(C[S+](C)C)=NOS(N)(=O)=O)cc1. The molecule has 0 unspecified atom stereocenters. The molecular formula is C12H17N2O5S2+. The van der Waals surface area contributed by atoms with Crippen LogP contribution in [-0.2, 0) is 25.5 Å². The van der Waals surface area contributed by atoms with E-state index in [0.29, 0.717) is 17.1 Å². The van der Waals surface area contributed by atoms with E-state index in [1.165, 1.54) is 7.11 Å². The van der Waals surface area contributed by atoms with Gasteiger partial charge in [-0.25, -0.2) is 0 Å². The molecule has 21 heavy (non-hydrogen) atoms. The number of carbonyl (C=O) groups excluding carboxylic acids is 1. The molecule has 1 rings (SSSR count). The number of ketones is 1. The van der Waals surface area contributed by atoms with E-state index in [4.69, 9.17) is 9.88 Å². The first-order valence-electron chi connectivity index (χ1n) is 5.74. The number of rotatable bonds is 7. The predicted octanol–water partition coefficient (Wildman–Crippen LogP) is 0.332. The zero-order valence-corrected chi connectivity index (χ0v) is 13.5. The minimum Gasteiger partial charge on any atom is -0.497 e. The maximum atomic E-state index is 12.3. The Kier molecular flexibility index (Phi) is 6.19. The molecule has 0 aliphatic heterocycles. The molecule has 0 aromatic heterocycles. The smallest absolute Gasteiger partial charge is 0.399 e. The van der Waals surface area contributed by atoms with Crippen LogP contribution in [0.1, 0.15) is 10.4 Å². The number of ether oxygens (including phenoxy) is 1. The lowest BCUT2D eigenvalue weighted by molar-refractivity contribution is 0.106. The molecule has 9 heteroatoms. The molecule has 1 aromatic carbocycles. The zero-order chi connectivity index (χ0) is 16.0. The molecule has 2 N–H and O–H groups in total. The largest absolute Gasteiger partial charge is 0.497 e. The number of methoxy groups -OCH3 is 1. The Labute approximate surface area is 126 Å². The summed E-state index contributed by atoms with van der Waals surface area (Å²) in [6.45, 7) is 0. The molecule has 0 aliphatic rings. The fourth-order valence-corrected chi connectivity index (χ4v) is 2.34. The number of Topliss-reactive ketones (excluding diaryl/α,β-unsaturated/α-hetero) is 1. The highest BCUT2D eigenvalue weighted by Gasteiger charge is 2.22. The molecular weight excluding hydrogens is 316 g/mol. The van der Waals surface area contributed by atoms with E-state index >= 15 is 0 Å². The number of nitrogens with two attached hydrogens (primary N) is 1. The van der Waals surface area contributed by atoms with Crippen molar-refractivity contribution in [1.82, 2.24) is 0 Å². The van der Waals surface area contributed by atoms with Gasteiger partial charge in [-0.3, -0.25) is 9.08 Å². The van der Waals surface area contributed by atoms with E-state index in [1.807, 2.05) is 12.5 Å². The summed E-state index contributed by atoms with van der Waals surface area (Å²) in [5.74, 6) is 0.486. The van der Waals surface area contributed by atoms with Gasteiger partial charge in [0.2, 0.25) is 5.78 Å². The molecule has 0 bridgehead atoms. The lowest BCUT2D eigenvalue weighted by Gasteiger charge is -2.05. The van der Waals surface area contributed by atoms with Crippen molar-refractivity contribution >= 4 is 32.7 Å². The van der Waals surface area contributed by atoms with Crippen LogP contribution in [0.4, 0.5) is 0 Å². The lowest BCUT2D eigenvalue weighted by Crippen LogP contribution is -2.25. The Morgan fingerprint density at radius 1 is 1.29 bits per heavy atom. The molecule has 0 spiro atoms. The van der Waals surface area contributed by atoms with Crippen molar-refractivity contribution in [3.63, 3.8) is 0 Å². The van der Waals surface area contributed by atoms with Crippen molar-refractivity contribution in [3.8, 4) is 5.75 Å². The highest BCUT2D eigenvalue weighted by molar-refractivity contribution is 7.96. The van der Waals surface area contributed by atoms with Gasteiger partial charge in [-0.05, 0) is 35.2 Å². The van der Waals surface area contributed by atoms with Crippen LogP contribution < -0.4 is 9.88 Å². The second kappa shape index (κ2) is 7.43. The summed E-state index contributed by atoms with van der Waals surface area (Å²) in [4.78, 5) is 12.3. The molecule has 0 fully saturated rings. The summed E-state index contributed by atoms with van der Waals surface area (Å²) in [7, 11) is -2.89. The summed E-state index contributed by atoms with van der Waals surface area (Å²) in [5.41, 5.74) is 0.362. The Morgan fingerprint density at radius 3 is 2.29 bits per heavy atom. The van der Waals surface area contributed by atoms with Gasteiger partial charge >= 0.3 is 10.3 Å². The second-order valence-corrected chi connectivity index (χ2v) is 7.69. The average Bonchev–Trinajstić information content (AvgIpc) is 2.41. The second-order valence-electron chi connectivity index (χ2n) is 4.29. The Balaban J connectivity index is 3.03. The quantitative estimate of drug-likeness (QED) is 0.335. The summed E-state index contributed by atoms with van der Waals surface area (Å²) < 4.78 is 30.8. The predicted molar refractivity (Wildman–Crippen MR) is 83.0 cm³/mol. The Bertz CT molecular complexity index is 624. The van der Waals surface area contributed by atoms with Crippen molar-refractivity contribution in [1.29, 1.82) is 0 Å². The van der Waals surface area contributed by atoms with E-state index in [-0.39, 0.29) is 16.6 Å². The number of hydrogen-bond donors (Lipinski definition) is 1. The normalized spacial score (nSPS) is 12.3. The summed E-state index contributed by atoms with van der Waals surface area (Å²) >= 11 is 0. The van der Waals surface area contributed by atoms with Crippen LogP contribution in [0, 0.1) is 0 Å². The van der Waals surface area contributed by atoms with Gasteiger partial charge in [0.05, 0.1) is 19.6 Å². The monoisotopic (exact) mass is 333 g/mol. The summed E-state index contributed by atoms with van der Waals surface area (Å²) in [6, 6.07) is 6.39.